The number of nitrogens with one attached hydrogen (secondary N) is 1. The molecule has 2 aromatic carbocycles. The smallest absolute Gasteiger partial charge is 0.163 e. The second-order valence-electron chi connectivity index (χ2n) is 4.30. The van der Waals surface area contributed by atoms with Gasteiger partial charge in [-0.15, -0.1) is 0 Å². The molecule has 0 fully saturated rings. The molecule has 0 aliphatic heterocycles. The van der Waals surface area contributed by atoms with Crippen molar-refractivity contribution in [1.82, 2.24) is 5.32 Å². The van der Waals surface area contributed by atoms with Gasteiger partial charge in [-0.1, -0.05) is 19.1 Å². The third-order valence-electron chi connectivity index (χ3n) is 2.97. The molecule has 0 heterocycles. The molecular weight excluding hydrogens is 270 g/mol. The molecule has 0 saturated heterocycles. The van der Waals surface area contributed by atoms with Gasteiger partial charge in [0.2, 0.25) is 0 Å². The molecule has 0 aliphatic carbocycles. The molecule has 0 bridgehead atoms. The first kappa shape index (κ1) is 14.5. The van der Waals surface area contributed by atoms with Gasteiger partial charge in [-0.25, -0.2) is 17.6 Å². The molecule has 1 unspecified atom stereocenters. The third kappa shape index (κ3) is 2.82. The van der Waals surface area contributed by atoms with Crippen LogP contribution >= 0.6 is 0 Å². The van der Waals surface area contributed by atoms with Crippen LogP contribution in [0.1, 0.15) is 24.1 Å². The number of hydrogen-bond acceptors (Lipinski definition) is 1. The molecule has 0 radical (unpaired) electrons. The minimum Gasteiger partial charge on any atom is -0.306 e. The van der Waals surface area contributed by atoms with E-state index in [1.165, 1.54) is 12.1 Å². The summed E-state index contributed by atoms with van der Waals surface area (Å²) in [4.78, 5) is 0. The van der Waals surface area contributed by atoms with Gasteiger partial charge >= 0.3 is 0 Å². The van der Waals surface area contributed by atoms with Gasteiger partial charge in [0.05, 0.1) is 6.04 Å². The van der Waals surface area contributed by atoms with Crippen molar-refractivity contribution >= 4 is 0 Å². The van der Waals surface area contributed by atoms with E-state index < -0.39 is 29.3 Å². The molecule has 20 heavy (non-hydrogen) atoms. The highest BCUT2D eigenvalue weighted by atomic mass is 19.2. The molecule has 0 spiro atoms. The Labute approximate surface area is 114 Å². The summed E-state index contributed by atoms with van der Waals surface area (Å²) < 4.78 is 54.3. The second kappa shape index (κ2) is 6.05. The quantitative estimate of drug-likeness (QED) is 0.838. The molecule has 106 valence electrons. The van der Waals surface area contributed by atoms with E-state index in [1.807, 2.05) is 0 Å². The van der Waals surface area contributed by atoms with Crippen LogP contribution in [0.4, 0.5) is 17.6 Å². The zero-order valence-corrected chi connectivity index (χ0v) is 10.8. The van der Waals surface area contributed by atoms with Gasteiger partial charge in [-0.2, -0.15) is 0 Å². The Kier molecular flexibility index (Phi) is 4.39. The molecule has 2 aromatic rings. The monoisotopic (exact) mass is 283 g/mol. The SMILES string of the molecule is CCNC(c1cc(F)ccc1F)c1cccc(F)c1F. The van der Waals surface area contributed by atoms with Crippen molar-refractivity contribution in [3.63, 3.8) is 0 Å². The largest absolute Gasteiger partial charge is 0.306 e. The van der Waals surface area contributed by atoms with E-state index in [0.29, 0.717) is 6.54 Å². The topological polar surface area (TPSA) is 12.0 Å². The molecule has 0 saturated carbocycles. The molecule has 1 N–H and O–H groups in total. The maximum Gasteiger partial charge on any atom is 0.163 e. The Hall–Kier alpha value is -1.88. The molecule has 2 rings (SSSR count). The third-order valence-corrected chi connectivity index (χ3v) is 2.97. The summed E-state index contributed by atoms with van der Waals surface area (Å²) >= 11 is 0. The number of halogens is 4. The van der Waals surface area contributed by atoms with Gasteiger partial charge in [-0.05, 0) is 30.8 Å². The van der Waals surface area contributed by atoms with Crippen LogP contribution in [-0.2, 0) is 0 Å². The van der Waals surface area contributed by atoms with E-state index in [1.54, 1.807) is 6.92 Å². The summed E-state index contributed by atoms with van der Waals surface area (Å²) in [5.74, 6) is -3.41. The van der Waals surface area contributed by atoms with E-state index in [4.69, 9.17) is 0 Å². The Morgan fingerprint density at radius 1 is 0.950 bits per heavy atom. The van der Waals surface area contributed by atoms with Crippen molar-refractivity contribution in [3.05, 3.63) is 70.8 Å². The first-order valence-electron chi connectivity index (χ1n) is 6.16. The maximum absolute atomic E-state index is 13.9. The lowest BCUT2D eigenvalue weighted by atomic mass is 9.97. The maximum atomic E-state index is 13.9. The summed E-state index contributed by atoms with van der Waals surface area (Å²) in [6.07, 6.45) is 0. The lowest BCUT2D eigenvalue weighted by Gasteiger charge is -2.20. The highest BCUT2D eigenvalue weighted by molar-refractivity contribution is 5.34. The average molecular weight is 283 g/mol. The summed E-state index contributed by atoms with van der Waals surface area (Å²) in [6.45, 7) is 2.12. The van der Waals surface area contributed by atoms with Gasteiger partial charge in [0.25, 0.3) is 0 Å². The molecule has 5 heteroatoms. The van der Waals surface area contributed by atoms with Crippen LogP contribution in [-0.4, -0.2) is 6.54 Å². The second-order valence-corrected chi connectivity index (χ2v) is 4.30. The predicted octanol–water partition coefficient (Wildman–Crippen LogP) is 3.94. The van der Waals surface area contributed by atoms with E-state index >= 15 is 0 Å². The fourth-order valence-electron chi connectivity index (χ4n) is 2.07. The zero-order valence-electron chi connectivity index (χ0n) is 10.8. The highest BCUT2D eigenvalue weighted by Crippen LogP contribution is 2.28. The van der Waals surface area contributed by atoms with Crippen molar-refractivity contribution in [2.24, 2.45) is 0 Å². The zero-order chi connectivity index (χ0) is 14.7. The fraction of sp³-hybridized carbons (Fsp3) is 0.200. The Morgan fingerprint density at radius 2 is 1.70 bits per heavy atom. The summed E-state index contributed by atoms with van der Waals surface area (Å²) in [7, 11) is 0. The van der Waals surface area contributed by atoms with Crippen LogP contribution in [0, 0.1) is 23.3 Å². The first-order chi connectivity index (χ1) is 9.54. The molecule has 1 atom stereocenters. The van der Waals surface area contributed by atoms with Gasteiger partial charge < -0.3 is 5.32 Å². The molecule has 0 amide bonds. The van der Waals surface area contributed by atoms with E-state index in [-0.39, 0.29) is 11.1 Å². The van der Waals surface area contributed by atoms with Crippen molar-refractivity contribution in [3.8, 4) is 0 Å². The van der Waals surface area contributed by atoms with Crippen molar-refractivity contribution in [2.45, 2.75) is 13.0 Å². The number of rotatable bonds is 4. The lowest BCUT2D eigenvalue weighted by molar-refractivity contribution is 0.475. The van der Waals surface area contributed by atoms with Crippen LogP contribution < -0.4 is 5.32 Å². The summed E-state index contributed by atoms with van der Waals surface area (Å²) in [5, 5.41) is 2.84. The van der Waals surface area contributed by atoms with Gasteiger partial charge in [0.1, 0.15) is 11.6 Å². The Bertz CT molecular complexity index is 611. The summed E-state index contributed by atoms with van der Waals surface area (Å²) in [5.41, 5.74) is -0.118. The average Bonchev–Trinajstić information content (AvgIpc) is 2.43. The number of benzene rings is 2. The van der Waals surface area contributed by atoms with E-state index in [0.717, 1.165) is 24.3 Å². The first-order valence-corrected chi connectivity index (χ1v) is 6.16. The van der Waals surface area contributed by atoms with Gasteiger partial charge in [0, 0.05) is 11.1 Å². The van der Waals surface area contributed by atoms with Crippen LogP contribution in [0.25, 0.3) is 0 Å². The standard InChI is InChI=1S/C15H13F4N/c1-2-20-15(10-4-3-5-13(18)14(10)19)11-8-9(16)6-7-12(11)17/h3-8,15,20H,2H2,1H3. The fourth-order valence-corrected chi connectivity index (χ4v) is 2.07. The highest BCUT2D eigenvalue weighted by Gasteiger charge is 2.22. The van der Waals surface area contributed by atoms with Gasteiger partial charge in [0.15, 0.2) is 11.6 Å². The minimum atomic E-state index is -1.07. The van der Waals surface area contributed by atoms with Crippen molar-refractivity contribution < 1.29 is 17.6 Å². The number of hydrogen-bond donors (Lipinski definition) is 1. The molecule has 1 nitrogen and oxygen atoms in total. The Balaban J connectivity index is 2.56. The normalized spacial score (nSPS) is 12.4. The molecule has 0 aromatic heterocycles. The van der Waals surface area contributed by atoms with Crippen molar-refractivity contribution in [2.75, 3.05) is 6.54 Å². The van der Waals surface area contributed by atoms with Crippen LogP contribution in [0.5, 0.6) is 0 Å². The van der Waals surface area contributed by atoms with E-state index in [9.17, 15) is 17.6 Å². The minimum absolute atomic E-state index is 0.0589. The van der Waals surface area contributed by atoms with E-state index in [2.05, 4.69) is 5.32 Å². The van der Waals surface area contributed by atoms with Crippen LogP contribution in [0.3, 0.4) is 0 Å². The van der Waals surface area contributed by atoms with Crippen LogP contribution in [0.2, 0.25) is 0 Å². The Morgan fingerprint density at radius 3 is 2.40 bits per heavy atom. The van der Waals surface area contributed by atoms with Gasteiger partial charge in [-0.3, -0.25) is 0 Å². The molecule has 0 aliphatic rings. The summed E-state index contributed by atoms with van der Waals surface area (Å²) in [6, 6.07) is 5.62. The lowest BCUT2D eigenvalue weighted by Crippen LogP contribution is -2.24. The predicted molar refractivity (Wildman–Crippen MR) is 68.2 cm³/mol. The molecular formula is C15H13F4N. The van der Waals surface area contributed by atoms with Crippen molar-refractivity contribution in [1.29, 1.82) is 0 Å². The van der Waals surface area contributed by atoms with Crippen LogP contribution in [0.15, 0.2) is 36.4 Å².